The predicted molar refractivity (Wildman–Crippen MR) is 66.0 cm³/mol. The van der Waals surface area contributed by atoms with Crippen LogP contribution in [0.1, 0.15) is 41.0 Å². The summed E-state index contributed by atoms with van der Waals surface area (Å²) in [6, 6.07) is 0. The number of alkyl carbamates (subject to hydrolysis) is 1. The Balaban J connectivity index is 3.68. The highest BCUT2D eigenvalue weighted by Gasteiger charge is 2.18. The molecule has 0 fully saturated rings. The van der Waals surface area contributed by atoms with E-state index in [1.807, 2.05) is 34.6 Å². The van der Waals surface area contributed by atoms with Crippen molar-refractivity contribution >= 4 is 6.09 Å². The zero-order valence-corrected chi connectivity index (χ0v) is 11.5. The molecule has 0 aromatic heterocycles. The van der Waals surface area contributed by atoms with Crippen molar-refractivity contribution in [2.24, 2.45) is 0 Å². The maximum Gasteiger partial charge on any atom is 0.407 e. The van der Waals surface area contributed by atoms with Gasteiger partial charge in [-0.15, -0.1) is 0 Å². The topological polar surface area (TPSA) is 67.8 Å². The van der Waals surface area contributed by atoms with E-state index in [-0.39, 0.29) is 12.2 Å². The summed E-state index contributed by atoms with van der Waals surface area (Å²) in [5.74, 6) is 0. The first-order chi connectivity index (χ1) is 7.66. The fourth-order valence-corrected chi connectivity index (χ4v) is 1.14. The number of amides is 1. The summed E-state index contributed by atoms with van der Waals surface area (Å²) in [7, 11) is 0. The molecular weight excluding hydrogens is 222 g/mol. The average Bonchev–Trinajstić information content (AvgIpc) is 2.09. The molecule has 0 saturated heterocycles. The number of aliphatic hydroxyl groups is 1. The third kappa shape index (κ3) is 10.1. The molecule has 1 amide bonds. The lowest BCUT2D eigenvalue weighted by atomic mass is 10.1. The van der Waals surface area contributed by atoms with Crippen LogP contribution in [0.3, 0.4) is 0 Å². The van der Waals surface area contributed by atoms with Crippen LogP contribution in [-0.2, 0) is 9.47 Å². The first-order valence-corrected chi connectivity index (χ1v) is 5.88. The van der Waals surface area contributed by atoms with Gasteiger partial charge in [0.1, 0.15) is 5.60 Å². The van der Waals surface area contributed by atoms with E-state index in [1.165, 1.54) is 0 Å². The third-order valence-electron chi connectivity index (χ3n) is 1.98. The first kappa shape index (κ1) is 16.2. The van der Waals surface area contributed by atoms with Crippen LogP contribution in [0.4, 0.5) is 4.79 Å². The molecule has 0 spiro atoms. The lowest BCUT2D eigenvalue weighted by molar-refractivity contribution is -0.0316. The molecular formula is C12H25NO4. The Morgan fingerprint density at radius 2 is 1.82 bits per heavy atom. The molecule has 0 heterocycles. The van der Waals surface area contributed by atoms with Gasteiger partial charge in [-0.3, -0.25) is 0 Å². The molecule has 0 unspecified atom stereocenters. The molecule has 17 heavy (non-hydrogen) atoms. The highest BCUT2D eigenvalue weighted by molar-refractivity contribution is 5.67. The van der Waals surface area contributed by atoms with Crippen LogP contribution in [-0.4, -0.2) is 42.2 Å². The van der Waals surface area contributed by atoms with Gasteiger partial charge in [-0.25, -0.2) is 4.79 Å². The van der Waals surface area contributed by atoms with Crippen molar-refractivity contribution in [2.75, 3.05) is 19.8 Å². The van der Waals surface area contributed by atoms with E-state index in [4.69, 9.17) is 14.6 Å². The van der Waals surface area contributed by atoms with E-state index in [1.54, 1.807) is 0 Å². The normalized spacial score (nSPS) is 12.4. The molecule has 0 aromatic rings. The van der Waals surface area contributed by atoms with Crippen molar-refractivity contribution in [1.82, 2.24) is 5.32 Å². The lowest BCUT2D eigenvalue weighted by Crippen LogP contribution is -2.36. The summed E-state index contributed by atoms with van der Waals surface area (Å²) in [6.07, 6.45) is 0.125. The molecule has 2 N–H and O–H groups in total. The van der Waals surface area contributed by atoms with Gasteiger partial charge in [0.15, 0.2) is 0 Å². The Labute approximate surface area is 103 Å². The van der Waals surface area contributed by atoms with Gasteiger partial charge in [-0.2, -0.15) is 0 Å². The number of hydrogen-bond acceptors (Lipinski definition) is 4. The van der Waals surface area contributed by atoms with E-state index in [0.29, 0.717) is 19.6 Å². The number of carbonyl (C=O) groups is 1. The number of aliphatic hydroxyl groups excluding tert-OH is 1. The lowest BCUT2D eigenvalue weighted by Gasteiger charge is -2.24. The Bertz CT molecular complexity index is 233. The Hall–Kier alpha value is -0.810. The second kappa shape index (κ2) is 6.81. The smallest absolute Gasteiger partial charge is 0.407 e. The third-order valence-corrected chi connectivity index (χ3v) is 1.98. The van der Waals surface area contributed by atoms with Gasteiger partial charge in [0, 0.05) is 13.2 Å². The van der Waals surface area contributed by atoms with Gasteiger partial charge >= 0.3 is 6.09 Å². The van der Waals surface area contributed by atoms with E-state index in [2.05, 4.69) is 5.32 Å². The quantitative estimate of drug-likeness (QED) is 0.701. The minimum Gasteiger partial charge on any atom is -0.444 e. The number of ether oxygens (including phenoxy) is 2. The zero-order chi connectivity index (χ0) is 13.5. The van der Waals surface area contributed by atoms with Crippen molar-refractivity contribution in [1.29, 1.82) is 0 Å². The summed E-state index contributed by atoms with van der Waals surface area (Å²) >= 11 is 0. The summed E-state index contributed by atoms with van der Waals surface area (Å²) in [5, 5.41) is 11.4. The minimum absolute atomic E-state index is 0.0898. The van der Waals surface area contributed by atoms with Crippen LogP contribution in [0.5, 0.6) is 0 Å². The van der Waals surface area contributed by atoms with Gasteiger partial charge < -0.3 is 19.9 Å². The van der Waals surface area contributed by atoms with Crippen molar-refractivity contribution < 1.29 is 19.4 Å². The summed E-state index contributed by atoms with van der Waals surface area (Å²) < 4.78 is 10.6. The molecule has 0 bridgehead atoms. The molecule has 0 aromatic carbocycles. The summed E-state index contributed by atoms with van der Waals surface area (Å²) in [6.45, 7) is 10.1. The SMILES string of the molecule is CC(C)(C)OC(=O)NCCOC(C)(C)CCO. The maximum atomic E-state index is 11.3. The minimum atomic E-state index is -0.485. The number of nitrogens with one attached hydrogen (secondary N) is 1. The molecule has 0 aliphatic carbocycles. The van der Waals surface area contributed by atoms with Crippen LogP contribution in [0.2, 0.25) is 0 Å². The second-order valence-corrected chi connectivity index (χ2v) is 5.51. The molecule has 0 rings (SSSR count). The van der Waals surface area contributed by atoms with E-state index in [0.717, 1.165) is 0 Å². The Morgan fingerprint density at radius 1 is 1.24 bits per heavy atom. The van der Waals surface area contributed by atoms with Crippen molar-refractivity contribution in [3.8, 4) is 0 Å². The van der Waals surface area contributed by atoms with Crippen LogP contribution in [0.15, 0.2) is 0 Å². The van der Waals surface area contributed by atoms with Gasteiger partial charge in [0.25, 0.3) is 0 Å². The zero-order valence-electron chi connectivity index (χ0n) is 11.5. The molecule has 0 radical (unpaired) electrons. The largest absolute Gasteiger partial charge is 0.444 e. The summed E-state index contributed by atoms with van der Waals surface area (Å²) in [5.41, 5.74) is -0.856. The molecule has 5 nitrogen and oxygen atoms in total. The highest BCUT2D eigenvalue weighted by Crippen LogP contribution is 2.12. The van der Waals surface area contributed by atoms with Crippen LogP contribution < -0.4 is 5.32 Å². The van der Waals surface area contributed by atoms with E-state index in [9.17, 15) is 4.79 Å². The molecule has 0 atom stereocenters. The van der Waals surface area contributed by atoms with Gasteiger partial charge in [0.2, 0.25) is 0 Å². The van der Waals surface area contributed by atoms with E-state index < -0.39 is 11.7 Å². The fourth-order valence-electron chi connectivity index (χ4n) is 1.14. The van der Waals surface area contributed by atoms with Crippen LogP contribution in [0, 0.1) is 0 Å². The highest BCUT2D eigenvalue weighted by atomic mass is 16.6. The average molecular weight is 247 g/mol. The Kier molecular flexibility index (Phi) is 6.49. The number of rotatable bonds is 6. The number of hydrogen-bond donors (Lipinski definition) is 2. The number of carbonyl (C=O) groups excluding carboxylic acids is 1. The Morgan fingerprint density at radius 3 is 2.29 bits per heavy atom. The molecule has 0 aliphatic rings. The molecule has 102 valence electrons. The van der Waals surface area contributed by atoms with E-state index >= 15 is 0 Å². The monoisotopic (exact) mass is 247 g/mol. The van der Waals surface area contributed by atoms with Crippen LogP contribution in [0.25, 0.3) is 0 Å². The standard InChI is InChI=1S/C12H25NO4/c1-11(2,3)17-10(15)13-7-9-16-12(4,5)6-8-14/h14H,6-9H2,1-5H3,(H,13,15). The maximum absolute atomic E-state index is 11.3. The van der Waals surface area contributed by atoms with Crippen molar-refractivity contribution in [2.45, 2.75) is 52.2 Å². The molecule has 0 aliphatic heterocycles. The predicted octanol–water partition coefficient (Wildman–Crippen LogP) is 1.69. The second-order valence-electron chi connectivity index (χ2n) is 5.51. The van der Waals surface area contributed by atoms with Gasteiger partial charge in [-0.05, 0) is 41.0 Å². The molecule has 0 saturated carbocycles. The first-order valence-electron chi connectivity index (χ1n) is 5.88. The molecule has 5 heteroatoms. The van der Waals surface area contributed by atoms with Gasteiger partial charge in [0.05, 0.1) is 12.2 Å². The fraction of sp³-hybridized carbons (Fsp3) is 0.917. The van der Waals surface area contributed by atoms with Crippen LogP contribution >= 0.6 is 0 Å². The van der Waals surface area contributed by atoms with Crippen molar-refractivity contribution in [3.63, 3.8) is 0 Å². The summed E-state index contributed by atoms with van der Waals surface area (Å²) in [4.78, 5) is 11.3. The van der Waals surface area contributed by atoms with Gasteiger partial charge in [-0.1, -0.05) is 0 Å². The van der Waals surface area contributed by atoms with Crippen molar-refractivity contribution in [3.05, 3.63) is 0 Å².